The molecule has 3 atom stereocenters. The van der Waals surface area contributed by atoms with Crippen LogP contribution in [0.1, 0.15) is 70.8 Å². The highest BCUT2D eigenvalue weighted by Gasteiger charge is 2.30. The molecule has 0 saturated carbocycles. The summed E-state index contributed by atoms with van der Waals surface area (Å²) >= 11 is 40.1. The molecule has 0 aromatic heterocycles. The van der Waals surface area contributed by atoms with Crippen LogP contribution < -0.4 is 16.0 Å². The van der Waals surface area contributed by atoms with Crippen molar-refractivity contribution in [2.24, 2.45) is 0 Å². The first kappa shape index (κ1) is 61.1. The Morgan fingerprint density at radius 3 is 0.720 bits per heavy atom. The van der Waals surface area contributed by atoms with E-state index >= 15 is 0 Å². The van der Waals surface area contributed by atoms with E-state index in [0.29, 0.717) is 49.8 Å². The molecule has 3 unspecified atom stereocenters. The standard InChI is InChI=1S/C69H66BCl6N3O3/c1-40-10-16-52(31-64(40)71)49-22-25-58(61(28-49)55-19-13-43(4)67(74)34-55)37-77-46(7)80-70(81-47(8)78-38-59-26-23-50(53-17-11-41(2)65(72)32-53)29-62(59)56-20-14-44(5)68(75)35-56)82-48(9)79-39-60-27-24-51(54-18-12-42(3)66(73)33-54)30-63(60)57-21-15-45(6)69(76)36-57/h10-36,46-48,77-79H,37-39H2,1-9H3. The second-order valence-corrected chi connectivity index (χ2v) is 23.6. The normalized spacial score (nSPS) is 12.6. The third-order valence-electron chi connectivity index (χ3n) is 15.0. The van der Waals surface area contributed by atoms with Gasteiger partial charge in [0.25, 0.3) is 0 Å². The Hall–Kier alpha value is -5.46. The van der Waals surface area contributed by atoms with Gasteiger partial charge in [-0.25, -0.2) is 0 Å². The molecular weight excluding hydrogens is 1140 g/mol. The van der Waals surface area contributed by atoms with Gasteiger partial charge in [0, 0.05) is 49.8 Å². The van der Waals surface area contributed by atoms with Gasteiger partial charge in [0.1, 0.15) is 0 Å². The minimum atomic E-state index is -1.13. The molecule has 9 aromatic carbocycles. The molecule has 420 valence electrons. The second-order valence-electron chi connectivity index (χ2n) is 21.2. The zero-order valence-electron chi connectivity index (χ0n) is 47.5. The maximum atomic E-state index is 6.75. The first-order chi connectivity index (χ1) is 39.3. The summed E-state index contributed by atoms with van der Waals surface area (Å²) < 4.78 is 20.1. The van der Waals surface area contributed by atoms with E-state index in [1.165, 1.54) is 0 Å². The van der Waals surface area contributed by atoms with E-state index in [9.17, 15) is 0 Å². The minimum Gasteiger partial charge on any atom is -0.370 e. The van der Waals surface area contributed by atoms with Gasteiger partial charge in [0.05, 0.1) is 18.7 Å². The average molecular weight is 1210 g/mol. The highest BCUT2D eigenvalue weighted by atomic mass is 35.5. The lowest BCUT2D eigenvalue weighted by molar-refractivity contribution is -0.00373. The van der Waals surface area contributed by atoms with Crippen molar-refractivity contribution in [2.45, 2.75) is 101 Å². The van der Waals surface area contributed by atoms with E-state index in [0.717, 1.165) is 117 Å². The summed E-state index contributed by atoms with van der Waals surface area (Å²) in [6, 6.07) is 56.3. The van der Waals surface area contributed by atoms with Crippen LogP contribution >= 0.6 is 69.6 Å². The lowest BCUT2D eigenvalue weighted by Gasteiger charge is -2.27. The number of hydrogen-bond acceptors (Lipinski definition) is 6. The molecule has 0 aliphatic carbocycles. The fourth-order valence-corrected chi connectivity index (χ4v) is 10.7. The van der Waals surface area contributed by atoms with Gasteiger partial charge >= 0.3 is 7.32 Å². The van der Waals surface area contributed by atoms with Crippen molar-refractivity contribution in [3.63, 3.8) is 0 Å². The van der Waals surface area contributed by atoms with Gasteiger partial charge in [-0.05, 0) is 234 Å². The molecule has 0 aliphatic heterocycles. The van der Waals surface area contributed by atoms with E-state index in [2.05, 4.69) is 107 Å². The van der Waals surface area contributed by atoms with Crippen LogP contribution in [0.4, 0.5) is 0 Å². The van der Waals surface area contributed by atoms with Crippen molar-refractivity contribution >= 4 is 76.9 Å². The maximum Gasteiger partial charge on any atom is 0.642 e. The van der Waals surface area contributed by atoms with Crippen LogP contribution in [-0.2, 0) is 33.6 Å². The van der Waals surface area contributed by atoms with Crippen LogP contribution in [0.2, 0.25) is 30.1 Å². The predicted molar refractivity (Wildman–Crippen MR) is 348 cm³/mol. The third kappa shape index (κ3) is 15.3. The lowest BCUT2D eigenvalue weighted by atomic mass is 9.93. The van der Waals surface area contributed by atoms with Gasteiger partial charge in [-0.3, -0.25) is 16.0 Å². The molecule has 0 radical (unpaired) electrons. The number of benzene rings is 9. The largest absolute Gasteiger partial charge is 0.642 e. The quantitative estimate of drug-likeness (QED) is 0.0492. The fourth-order valence-electron chi connectivity index (χ4n) is 9.64. The van der Waals surface area contributed by atoms with Crippen LogP contribution in [-0.4, -0.2) is 26.0 Å². The van der Waals surface area contributed by atoms with Gasteiger partial charge in [-0.2, -0.15) is 0 Å². The Balaban J connectivity index is 0.973. The molecule has 0 saturated heterocycles. The van der Waals surface area contributed by atoms with Gasteiger partial charge in [0.2, 0.25) is 0 Å². The predicted octanol–water partition coefficient (Wildman–Crippen LogP) is 20.2. The molecule has 6 nitrogen and oxygen atoms in total. The molecule has 9 aromatic rings. The summed E-state index contributed by atoms with van der Waals surface area (Å²) in [4.78, 5) is 0. The van der Waals surface area contributed by atoms with Crippen LogP contribution in [0.3, 0.4) is 0 Å². The Labute approximate surface area is 514 Å². The van der Waals surface area contributed by atoms with Gasteiger partial charge < -0.3 is 14.0 Å². The summed E-state index contributed by atoms with van der Waals surface area (Å²) in [6.45, 7) is 19.2. The maximum absolute atomic E-state index is 6.75. The van der Waals surface area contributed by atoms with Gasteiger partial charge in [-0.15, -0.1) is 0 Å². The average Bonchev–Trinajstić information content (AvgIpc) is 3.54. The monoisotopic (exact) mass is 1210 g/mol. The Bertz CT molecular complexity index is 3390. The highest BCUT2D eigenvalue weighted by Crippen LogP contribution is 2.38. The zero-order valence-corrected chi connectivity index (χ0v) is 52.0. The summed E-state index contributed by atoms with van der Waals surface area (Å²) in [5.74, 6) is 0. The molecule has 0 aliphatic rings. The molecule has 0 fully saturated rings. The van der Waals surface area contributed by atoms with E-state index in [-0.39, 0.29) is 0 Å². The lowest BCUT2D eigenvalue weighted by Crippen LogP contribution is -2.46. The number of aryl methyl sites for hydroxylation is 6. The van der Waals surface area contributed by atoms with Crippen molar-refractivity contribution in [1.29, 1.82) is 0 Å². The SMILES string of the molecule is Cc1ccc(-c2ccc(CNC(C)OB(OC(C)NCc3ccc(-c4ccc(C)c(Cl)c4)cc3-c3ccc(C)c(Cl)c3)OC(C)NCc3ccc(-c4ccc(C)c(Cl)c4)cc3-c3ccc(C)c(Cl)c3)c(-c3ccc(C)c(Cl)c3)c2)cc1Cl. The summed E-state index contributed by atoms with van der Waals surface area (Å²) in [5, 5.41) is 15.1. The van der Waals surface area contributed by atoms with Crippen molar-refractivity contribution in [1.82, 2.24) is 16.0 Å². The Morgan fingerprint density at radius 2 is 0.488 bits per heavy atom. The topological polar surface area (TPSA) is 63.8 Å². The van der Waals surface area contributed by atoms with E-state index in [1.807, 2.05) is 135 Å². The number of halogens is 6. The molecule has 13 heteroatoms. The van der Waals surface area contributed by atoms with Gasteiger partial charge in [0.15, 0.2) is 0 Å². The number of rotatable bonds is 21. The highest BCUT2D eigenvalue weighted by molar-refractivity contribution is 6.36. The van der Waals surface area contributed by atoms with Crippen LogP contribution in [0.5, 0.6) is 0 Å². The van der Waals surface area contributed by atoms with Crippen LogP contribution in [0.15, 0.2) is 164 Å². The first-order valence-electron chi connectivity index (χ1n) is 27.4. The Morgan fingerprint density at radius 1 is 0.293 bits per heavy atom. The fraction of sp³-hybridized carbons (Fsp3) is 0.217. The number of hydrogen-bond donors (Lipinski definition) is 3. The molecule has 0 spiro atoms. The Kier molecular flexibility index (Phi) is 20.5. The van der Waals surface area contributed by atoms with Crippen molar-refractivity contribution in [2.75, 3.05) is 0 Å². The van der Waals surface area contributed by atoms with E-state index < -0.39 is 26.0 Å². The molecule has 9 rings (SSSR count). The zero-order chi connectivity index (χ0) is 58.4. The summed E-state index contributed by atoms with van der Waals surface area (Å²) in [5.41, 5.74) is 21.5. The summed E-state index contributed by atoms with van der Waals surface area (Å²) in [7, 11) is -1.13. The number of nitrogens with one attached hydrogen (secondary N) is 3. The van der Waals surface area contributed by atoms with Crippen molar-refractivity contribution in [3.05, 3.63) is 244 Å². The van der Waals surface area contributed by atoms with Gasteiger partial charge in [-0.1, -0.05) is 179 Å². The first-order valence-corrected chi connectivity index (χ1v) is 29.7. The van der Waals surface area contributed by atoms with Crippen LogP contribution in [0, 0.1) is 41.5 Å². The minimum absolute atomic E-state index is 0.457. The third-order valence-corrected chi connectivity index (χ3v) is 17.4. The molecule has 82 heavy (non-hydrogen) atoms. The molecule has 0 amide bonds. The van der Waals surface area contributed by atoms with E-state index in [1.54, 1.807) is 0 Å². The molecule has 3 N–H and O–H groups in total. The summed E-state index contributed by atoms with van der Waals surface area (Å²) in [6.07, 6.45) is -1.64. The van der Waals surface area contributed by atoms with Crippen molar-refractivity contribution < 1.29 is 14.0 Å². The molecule has 0 bridgehead atoms. The molecular formula is C69H66BCl6N3O3. The second kappa shape index (κ2) is 27.5. The van der Waals surface area contributed by atoms with Crippen LogP contribution in [0.25, 0.3) is 66.8 Å². The molecule has 0 heterocycles. The van der Waals surface area contributed by atoms with Crippen molar-refractivity contribution in [3.8, 4) is 66.8 Å². The smallest absolute Gasteiger partial charge is 0.370 e. The van der Waals surface area contributed by atoms with E-state index in [4.69, 9.17) is 83.6 Å².